The largest absolute Gasteiger partial charge is 0.487 e. The number of thiazole rings is 1. The smallest absolute Gasteiger partial charge is 0.230 e. The Bertz CT molecular complexity index is 1000. The lowest BCUT2D eigenvalue weighted by atomic mass is 10.1. The first kappa shape index (κ1) is 18.6. The van der Waals surface area contributed by atoms with Crippen molar-refractivity contribution in [3.05, 3.63) is 70.2 Å². The molecule has 27 heavy (non-hydrogen) atoms. The van der Waals surface area contributed by atoms with Crippen LogP contribution in [-0.4, -0.2) is 10.9 Å². The van der Waals surface area contributed by atoms with Crippen LogP contribution in [0.4, 0.5) is 10.8 Å². The number of hydrogen-bond acceptors (Lipinski definition) is 5. The van der Waals surface area contributed by atoms with Gasteiger partial charge < -0.3 is 4.74 Å². The zero-order valence-electron chi connectivity index (χ0n) is 15.4. The van der Waals surface area contributed by atoms with E-state index < -0.39 is 0 Å². The van der Waals surface area contributed by atoms with Gasteiger partial charge in [0.25, 0.3) is 0 Å². The second-order valence-corrected chi connectivity index (χ2v) is 6.96. The minimum atomic E-state index is -0.0855. The van der Waals surface area contributed by atoms with Gasteiger partial charge in [0.15, 0.2) is 5.13 Å². The highest BCUT2D eigenvalue weighted by Crippen LogP contribution is 2.32. The lowest BCUT2D eigenvalue weighted by Crippen LogP contribution is -2.23. The third-order valence-electron chi connectivity index (χ3n) is 4.23. The molecule has 3 rings (SSSR count). The van der Waals surface area contributed by atoms with Crippen LogP contribution in [0.1, 0.15) is 29.3 Å². The van der Waals surface area contributed by atoms with Crippen molar-refractivity contribution >= 4 is 28.1 Å². The second-order valence-electron chi connectivity index (χ2n) is 6.12. The first-order chi connectivity index (χ1) is 13.0. The lowest BCUT2D eigenvalue weighted by molar-refractivity contribution is -0.115. The van der Waals surface area contributed by atoms with E-state index in [2.05, 4.69) is 11.1 Å². The number of rotatable bonds is 5. The van der Waals surface area contributed by atoms with Crippen LogP contribution in [0.5, 0.6) is 5.75 Å². The van der Waals surface area contributed by atoms with Gasteiger partial charge in [-0.1, -0.05) is 12.1 Å². The van der Waals surface area contributed by atoms with Crippen molar-refractivity contribution in [2.75, 3.05) is 4.90 Å². The van der Waals surface area contributed by atoms with Gasteiger partial charge in [0.2, 0.25) is 5.91 Å². The van der Waals surface area contributed by atoms with Crippen LogP contribution in [0, 0.1) is 25.2 Å². The van der Waals surface area contributed by atoms with Gasteiger partial charge >= 0.3 is 0 Å². The maximum absolute atomic E-state index is 12.3. The number of aromatic nitrogens is 1. The van der Waals surface area contributed by atoms with Gasteiger partial charge in [0, 0.05) is 12.3 Å². The zero-order chi connectivity index (χ0) is 19.4. The number of benzene rings is 2. The molecule has 0 atom stereocenters. The molecule has 0 saturated carbocycles. The van der Waals surface area contributed by atoms with Crippen LogP contribution in [0.2, 0.25) is 0 Å². The van der Waals surface area contributed by atoms with Crippen LogP contribution in [0.3, 0.4) is 0 Å². The van der Waals surface area contributed by atoms with E-state index in [1.165, 1.54) is 18.3 Å². The molecule has 0 fully saturated rings. The van der Waals surface area contributed by atoms with Crippen molar-refractivity contribution in [1.29, 1.82) is 5.26 Å². The van der Waals surface area contributed by atoms with Crippen molar-refractivity contribution in [3.8, 4) is 11.8 Å². The average molecular weight is 377 g/mol. The monoisotopic (exact) mass is 377 g/mol. The molecule has 136 valence electrons. The Hall–Kier alpha value is -3.17. The molecule has 0 unspecified atom stereocenters. The number of hydrogen-bond donors (Lipinski definition) is 0. The van der Waals surface area contributed by atoms with Crippen molar-refractivity contribution in [3.63, 3.8) is 0 Å². The molecule has 1 aromatic heterocycles. The first-order valence-corrected chi connectivity index (χ1v) is 9.32. The van der Waals surface area contributed by atoms with Gasteiger partial charge in [-0.3, -0.25) is 9.69 Å². The second kappa shape index (κ2) is 8.02. The summed E-state index contributed by atoms with van der Waals surface area (Å²) in [7, 11) is 0. The maximum atomic E-state index is 12.3. The van der Waals surface area contributed by atoms with E-state index in [1.807, 2.05) is 37.4 Å². The first-order valence-electron chi connectivity index (χ1n) is 8.44. The van der Waals surface area contributed by atoms with Gasteiger partial charge in [-0.25, -0.2) is 4.98 Å². The molecule has 6 heteroatoms. The molecule has 1 heterocycles. The number of nitriles is 1. The molecular weight excluding hydrogens is 358 g/mol. The molecule has 2 aromatic carbocycles. The van der Waals surface area contributed by atoms with Crippen molar-refractivity contribution in [2.45, 2.75) is 27.4 Å². The van der Waals surface area contributed by atoms with Crippen molar-refractivity contribution in [1.82, 2.24) is 4.98 Å². The molecule has 5 nitrogen and oxygen atoms in total. The minimum absolute atomic E-state index is 0.0855. The highest BCUT2D eigenvalue weighted by molar-refractivity contribution is 7.14. The average Bonchev–Trinajstić information content (AvgIpc) is 3.12. The summed E-state index contributed by atoms with van der Waals surface area (Å²) in [4.78, 5) is 18.5. The van der Waals surface area contributed by atoms with Gasteiger partial charge in [-0.15, -0.1) is 11.3 Å². The van der Waals surface area contributed by atoms with Gasteiger partial charge in [-0.2, -0.15) is 5.26 Å². The number of amides is 1. The number of anilines is 2. The molecular formula is C21H19N3O2S. The summed E-state index contributed by atoms with van der Waals surface area (Å²) in [5.74, 6) is 0.583. The van der Waals surface area contributed by atoms with Crippen LogP contribution in [-0.2, 0) is 11.4 Å². The van der Waals surface area contributed by atoms with E-state index in [0.29, 0.717) is 23.1 Å². The maximum Gasteiger partial charge on any atom is 0.230 e. The molecule has 0 bridgehead atoms. The van der Waals surface area contributed by atoms with E-state index in [0.717, 1.165) is 22.5 Å². The quantitative estimate of drug-likeness (QED) is 0.634. The predicted molar refractivity (Wildman–Crippen MR) is 106 cm³/mol. The molecule has 3 aromatic rings. The van der Waals surface area contributed by atoms with Crippen LogP contribution >= 0.6 is 11.3 Å². The Morgan fingerprint density at radius 3 is 2.63 bits per heavy atom. The summed E-state index contributed by atoms with van der Waals surface area (Å²) in [5.41, 5.74) is 4.36. The fraction of sp³-hybridized carbons (Fsp3) is 0.190. The minimum Gasteiger partial charge on any atom is -0.487 e. The number of carbonyl (C=O) groups is 1. The Labute approximate surface area is 162 Å². The van der Waals surface area contributed by atoms with Crippen LogP contribution in [0.15, 0.2) is 47.8 Å². The summed E-state index contributed by atoms with van der Waals surface area (Å²) in [6.07, 6.45) is 0. The van der Waals surface area contributed by atoms with E-state index in [4.69, 9.17) is 10.00 Å². The van der Waals surface area contributed by atoms with Gasteiger partial charge in [-0.05, 0) is 55.3 Å². The highest BCUT2D eigenvalue weighted by Gasteiger charge is 2.20. The van der Waals surface area contributed by atoms with Crippen LogP contribution < -0.4 is 9.64 Å². The van der Waals surface area contributed by atoms with E-state index in [9.17, 15) is 4.79 Å². The zero-order valence-corrected chi connectivity index (χ0v) is 16.2. The van der Waals surface area contributed by atoms with Crippen LogP contribution in [0.25, 0.3) is 0 Å². The molecule has 0 aliphatic heterocycles. The predicted octanol–water partition coefficient (Wildman–Crippen LogP) is 4.90. The molecule has 0 aliphatic carbocycles. The van der Waals surface area contributed by atoms with E-state index in [1.54, 1.807) is 29.2 Å². The Balaban J connectivity index is 1.79. The number of ether oxygens (including phenoxy) is 1. The molecule has 1 amide bonds. The van der Waals surface area contributed by atoms with Crippen molar-refractivity contribution < 1.29 is 9.53 Å². The third-order valence-corrected chi connectivity index (χ3v) is 5.11. The summed E-state index contributed by atoms with van der Waals surface area (Å²) in [6.45, 7) is 5.86. The molecule has 0 aliphatic rings. The molecule has 0 spiro atoms. The third kappa shape index (κ3) is 4.15. The Morgan fingerprint density at radius 2 is 1.96 bits per heavy atom. The Kier molecular flexibility index (Phi) is 5.53. The fourth-order valence-electron chi connectivity index (χ4n) is 2.63. The lowest BCUT2D eigenvalue weighted by Gasteiger charge is -2.21. The summed E-state index contributed by atoms with van der Waals surface area (Å²) in [5, 5.41) is 11.3. The number of aryl methyl sites for hydroxylation is 1. The molecule has 0 N–H and O–H groups in total. The number of nitrogens with zero attached hydrogens (tertiary/aromatic N) is 3. The van der Waals surface area contributed by atoms with Crippen molar-refractivity contribution in [2.24, 2.45) is 0 Å². The van der Waals surface area contributed by atoms with E-state index in [-0.39, 0.29) is 5.91 Å². The molecule has 0 saturated heterocycles. The topological polar surface area (TPSA) is 66.2 Å². The van der Waals surface area contributed by atoms with E-state index >= 15 is 0 Å². The SMILES string of the molecule is CC(=O)N(c1nc(COc2ccc(C#N)cc2)cs1)c1cccc(C)c1C. The Morgan fingerprint density at radius 1 is 1.22 bits per heavy atom. The standard InChI is InChI=1S/C21H19N3O2S/c1-14-5-4-6-20(15(14)2)24(16(3)25)21-23-18(13-27-21)12-26-19-9-7-17(11-22)8-10-19/h4-10,13H,12H2,1-3H3. The summed E-state index contributed by atoms with van der Waals surface area (Å²) < 4.78 is 5.72. The normalized spacial score (nSPS) is 10.3. The summed E-state index contributed by atoms with van der Waals surface area (Å²) in [6, 6.07) is 14.9. The highest BCUT2D eigenvalue weighted by atomic mass is 32.1. The van der Waals surface area contributed by atoms with Gasteiger partial charge in [0.05, 0.1) is 23.0 Å². The fourth-order valence-corrected chi connectivity index (χ4v) is 3.50. The summed E-state index contributed by atoms with van der Waals surface area (Å²) >= 11 is 1.41. The van der Waals surface area contributed by atoms with Gasteiger partial charge in [0.1, 0.15) is 12.4 Å². The number of carbonyl (C=O) groups excluding carboxylic acids is 1. The molecule has 0 radical (unpaired) electrons.